The highest BCUT2D eigenvalue weighted by molar-refractivity contribution is 6.32. The van der Waals surface area contributed by atoms with Crippen LogP contribution in [0.4, 0.5) is 0 Å². The van der Waals surface area contributed by atoms with Gasteiger partial charge in [0.15, 0.2) is 0 Å². The van der Waals surface area contributed by atoms with Gasteiger partial charge in [0.25, 0.3) is 0 Å². The lowest BCUT2D eigenvalue weighted by Crippen LogP contribution is -2.10. The summed E-state index contributed by atoms with van der Waals surface area (Å²) < 4.78 is 11.2. The summed E-state index contributed by atoms with van der Waals surface area (Å²) in [7, 11) is 0. The van der Waals surface area contributed by atoms with Crippen LogP contribution in [-0.2, 0) is 6.42 Å². The molecule has 0 aliphatic rings. The number of ether oxygens (including phenoxy) is 2. The number of hydrogen-bond acceptors (Lipinski definition) is 4. The number of esters is 1. The fourth-order valence-electron chi connectivity index (χ4n) is 3.08. The lowest BCUT2D eigenvalue weighted by molar-refractivity contribution is 0.0734. The van der Waals surface area contributed by atoms with Gasteiger partial charge in [0.1, 0.15) is 17.6 Å². The van der Waals surface area contributed by atoms with Crippen LogP contribution in [0.1, 0.15) is 80.3 Å². The van der Waals surface area contributed by atoms with E-state index in [0.29, 0.717) is 28.7 Å². The summed E-state index contributed by atoms with van der Waals surface area (Å²) in [6.07, 6.45) is 8.80. The predicted molar refractivity (Wildman–Crippen MR) is 120 cm³/mol. The molecule has 0 saturated carbocycles. The Bertz CT molecular complexity index is 873. The Balaban J connectivity index is 1.98. The number of halogens is 1. The van der Waals surface area contributed by atoms with E-state index < -0.39 is 5.97 Å². The van der Waals surface area contributed by atoms with Gasteiger partial charge in [-0.15, -0.1) is 0 Å². The second kappa shape index (κ2) is 12.9. The van der Waals surface area contributed by atoms with Crippen LogP contribution in [0.3, 0.4) is 0 Å². The van der Waals surface area contributed by atoms with Crippen LogP contribution >= 0.6 is 11.6 Å². The molecule has 0 unspecified atom stereocenters. The maximum absolute atomic E-state index is 12.5. The highest BCUT2D eigenvalue weighted by Crippen LogP contribution is 2.28. The topological polar surface area (TPSA) is 59.3 Å². The Kier molecular flexibility index (Phi) is 10.2. The van der Waals surface area contributed by atoms with Crippen LogP contribution in [0.2, 0.25) is 5.02 Å². The summed E-state index contributed by atoms with van der Waals surface area (Å²) in [6, 6.07) is 12.3. The molecule has 0 aliphatic heterocycles. The first-order chi connectivity index (χ1) is 14.6. The van der Waals surface area contributed by atoms with Gasteiger partial charge in [-0.1, -0.05) is 63.6 Å². The Hall–Kier alpha value is -2.51. The molecule has 0 radical (unpaired) electrons. The molecule has 5 heteroatoms. The molecule has 0 atom stereocenters. The Morgan fingerprint density at radius 2 is 1.70 bits per heavy atom. The summed E-state index contributed by atoms with van der Waals surface area (Å²) in [5, 5.41) is 9.83. The third-order valence-electron chi connectivity index (χ3n) is 4.86. The number of nitrogens with zero attached hydrogens (tertiary/aromatic N) is 1. The van der Waals surface area contributed by atoms with E-state index in [1.54, 1.807) is 18.2 Å². The number of carbonyl (C=O) groups is 1. The maximum atomic E-state index is 12.5. The fourth-order valence-corrected chi connectivity index (χ4v) is 3.32. The first-order valence-electron chi connectivity index (χ1n) is 10.8. The smallest absolute Gasteiger partial charge is 0.343 e. The average Bonchev–Trinajstić information content (AvgIpc) is 2.76. The lowest BCUT2D eigenvalue weighted by Gasteiger charge is -2.11. The minimum atomic E-state index is -0.555. The number of rotatable bonds is 12. The van der Waals surface area contributed by atoms with Crippen LogP contribution in [0.15, 0.2) is 36.4 Å². The minimum absolute atomic E-state index is 0.285. The van der Waals surface area contributed by atoms with Crippen molar-refractivity contribution >= 4 is 17.6 Å². The first kappa shape index (κ1) is 23.8. The SMILES string of the molecule is CCCCCCCOc1ccc(C(=O)Oc2ccc(CCCC)cc2Cl)cc1C#N. The molecule has 0 fully saturated rings. The summed E-state index contributed by atoms with van der Waals surface area (Å²) >= 11 is 6.28. The van der Waals surface area contributed by atoms with E-state index >= 15 is 0 Å². The lowest BCUT2D eigenvalue weighted by atomic mass is 10.1. The summed E-state index contributed by atoms with van der Waals surface area (Å²) in [4.78, 5) is 12.5. The van der Waals surface area contributed by atoms with E-state index in [0.717, 1.165) is 37.7 Å². The average molecular weight is 428 g/mol. The first-order valence-corrected chi connectivity index (χ1v) is 11.1. The van der Waals surface area contributed by atoms with Gasteiger partial charge >= 0.3 is 5.97 Å². The van der Waals surface area contributed by atoms with Gasteiger partial charge < -0.3 is 9.47 Å². The van der Waals surface area contributed by atoms with Gasteiger partial charge in [-0.05, 0) is 55.2 Å². The van der Waals surface area contributed by atoms with Crippen molar-refractivity contribution in [2.75, 3.05) is 6.61 Å². The summed E-state index contributed by atoms with van der Waals surface area (Å²) in [6.45, 7) is 4.87. The highest BCUT2D eigenvalue weighted by Gasteiger charge is 2.14. The second-order valence-corrected chi connectivity index (χ2v) is 7.75. The van der Waals surface area contributed by atoms with Crippen molar-refractivity contribution in [1.82, 2.24) is 0 Å². The highest BCUT2D eigenvalue weighted by atomic mass is 35.5. The molecule has 2 aromatic rings. The van der Waals surface area contributed by atoms with Crippen LogP contribution in [0.5, 0.6) is 11.5 Å². The van der Waals surface area contributed by atoms with Crippen molar-refractivity contribution < 1.29 is 14.3 Å². The van der Waals surface area contributed by atoms with Gasteiger partial charge in [0.05, 0.1) is 22.8 Å². The Morgan fingerprint density at radius 3 is 2.40 bits per heavy atom. The van der Waals surface area contributed by atoms with Crippen molar-refractivity contribution in [2.45, 2.75) is 65.2 Å². The van der Waals surface area contributed by atoms with E-state index in [4.69, 9.17) is 21.1 Å². The van der Waals surface area contributed by atoms with Crippen molar-refractivity contribution in [3.05, 3.63) is 58.1 Å². The number of aryl methyl sites for hydroxylation is 1. The molecule has 30 heavy (non-hydrogen) atoms. The van der Waals surface area contributed by atoms with E-state index in [-0.39, 0.29) is 5.56 Å². The van der Waals surface area contributed by atoms with E-state index in [2.05, 4.69) is 19.9 Å². The van der Waals surface area contributed by atoms with Gasteiger partial charge in [-0.2, -0.15) is 5.26 Å². The third kappa shape index (κ3) is 7.39. The molecule has 0 aliphatic carbocycles. The molecule has 0 saturated heterocycles. The van der Waals surface area contributed by atoms with E-state index in [1.807, 2.05) is 12.1 Å². The Morgan fingerprint density at radius 1 is 0.967 bits per heavy atom. The zero-order valence-corrected chi connectivity index (χ0v) is 18.6. The fraction of sp³-hybridized carbons (Fsp3) is 0.440. The van der Waals surface area contributed by atoms with Gasteiger partial charge in [0, 0.05) is 0 Å². The number of nitriles is 1. The quantitative estimate of drug-likeness (QED) is 0.205. The van der Waals surface area contributed by atoms with Crippen molar-refractivity contribution in [3.8, 4) is 17.6 Å². The maximum Gasteiger partial charge on any atom is 0.343 e. The Labute approximate surface area is 184 Å². The van der Waals surface area contributed by atoms with Crippen molar-refractivity contribution in [2.24, 2.45) is 0 Å². The number of benzene rings is 2. The van der Waals surface area contributed by atoms with E-state index in [9.17, 15) is 10.1 Å². The van der Waals surface area contributed by atoms with Crippen LogP contribution in [0, 0.1) is 11.3 Å². The molecular formula is C25H30ClNO3. The molecule has 0 aromatic heterocycles. The molecule has 2 aromatic carbocycles. The summed E-state index contributed by atoms with van der Waals surface area (Å²) in [5.74, 6) is 0.247. The number of carbonyl (C=O) groups excluding carboxylic acids is 1. The summed E-state index contributed by atoms with van der Waals surface area (Å²) in [5.41, 5.74) is 1.72. The monoisotopic (exact) mass is 427 g/mol. The second-order valence-electron chi connectivity index (χ2n) is 7.34. The zero-order chi connectivity index (χ0) is 21.8. The molecule has 0 N–H and O–H groups in total. The number of hydrogen-bond donors (Lipinski definition) is 0. The predicted octanol–water partition coefficient (Wildman–Crippen LogP) is 7.12. The largest absolute Gasteiger partial charge is 0.492 e. The number of unbranched alkanes of at least 4 members (excludes halogenated alkanes) is 5. The minimum Gasteiger partial charge on any atom is -0.492 e. The van der Waals surface area contributed by atoms with E-state index in [1.165, 1.54) is 25.3 Å². The van der Waals surface area contributed by atoms with Crippen molar-refractivity contribution in [3.63, 3.8) is 0 Å². The third-order valence-corrected chi connectivity index (χ3v) is 5.15. The molecule has 0 heterocycles. The molecule has 0 spiro atoms. The zero-order valence-electron chi connectivity index (χ0n) is 17.9. The van der Waals surface area contributed by atoms with Crippen LogP contribution in [-0.4, -0.2) is 12.6 Å². The molecule has 2 rings (SSSR count). The molecule has 4 nitrogen and oxygen atoms in total. The van der Waals surface area contributed by atoms with Crippen LogP contribution in [0.25, 0.3) is 0 Å². The molecule has 160 valence electrons. The van der Waals surface area contributed by atoms with Gasteiger partial charge in [-0.3, -0.25) is 0 Å². The van der Waals surface area contributed by atoms with Gasteiger partial charge in [0.2, 0.25) is 0 Å². The van der Waals surface area contributed by atoms with Crippen molar-refractivity contribution in [1.29, 1.82) is 5.26 Å². The van der Waals surface area contributed by atoms with Crippen LogP contribution < -0.4 is 9.47 Å². The standard InChI is InChI=1S/C25H30ClNO3/c1-3-5-7-8-9-15-29-23-14-12-20(17-21(23)18-27)25(28)30-24-13-11-19(10-6-4-2)16-22(24)26/h11-14,16-17H,3-10,15H2,1-2H3. The molecule has 0 bridgehead atoms. The molecular weight excluding hydrogens is 398 g/mol. The van der Waals surface area contributed by atoms with Gasteiger partial charge in [-0.25, -0.2) is 4.79 Å². The molecule has 0 amide bonds. The normalized spacial score (nSPS) is 10.5.